The standard InChI is InChI=1S/C12H15NO2/c1-8-5-6-10(12(14)15-2)11-9(8)4-3-7-13-11/h5-6,13H,3-4,7H2,1-2H3. The number of hydrogen-bond acceptors (Lipinski definition) is 3. The van der Waals surface area contributed by atoms with Gasteiger partial charge in [-0.3, -0.25) is 0 Å². The summed E-state index contributed by atoms with van der Waals surface area (Å²) in [6, 6.07) is 3.82. The van der Waals surface area contributed by atoms with Gasteiger partial charge < -0.3 is 10.1 Å². The average Bonchev–Trinajstić information content (AvgIpc) is 2.29. The lowest BCUT2D eigenvalue weighted by molar-refractivity contribution is 0.0601. The quantitative estimate of drug-likeness (QED) is 0.714. The fourth-order valence-electron chi connectivity index (χ4n) is 2.03. The van der Waals surface area contributed by atoms with Crippen LogP contribution in [-0.2, 0) is 11.2 Å². The number of benzene rings is 1. The Bertz CT molecular complexity index is 399. The van der Waals surface area contributed by atoms with E-state index in [4.69, 9.17) is 4.74 Å². The van der Waals surface area contributed by atoms with Crippen LogP contribution in [-0.4, -0.2) is 19.6 Å². The summed E-state index contributed by atoms with van der Waals surface area (Å²) < 4.78 is 4.76. The molecule has 0 bridgehead atoms. The first-order valence-electron chi connectivity index (χ1n) is 5.18. The molecule has 0 fully saturated rings. The van der Waals surface area contributed by atoms with Crippen LogP contribution in [0.25, 0.3) is 0 Å². The van der Waals surface area contributed by atoms with E-state index in [2.05, 4.69) is 12.2 Å². The van der Waals surface area contributed by atoms with Crippen LogP contribution in [0.4, 0.5) is 5.69 Å². The molecule has 0 atom stereocenters. The van der Waals surface area contributed by atoms with Crippen molar-refractivity contribution >= 4 is 11.7 Å². The van der Waals surface area contributed by atoms with Crippen LogP contribution in [0, 0.1) is 6.92 Å². The number of nitrogens with one attached hydrogen (secondary N) is 1. The van der Waals surface area contributed by atoms with E-state index in [1.807, 2.05) is 12.1 Å². The van der Waals surface area contributed by atoms with Gasteiger partial charge >= 0.3 is 5.97 Å². The second kappa shape index (κ2) is 3.93. The molecule has 1 aliphatic heterocycles. The molecule has 15 heavy (non-hydrogen) atoms. The lowest BCUT2D eigenvalue weighted by Gasteiger charge is -2.22. The lowest BCUT2D eigenvalue weighted by Crippen LogP contribution is -2.17. The van der Waals surface area contributed by atoms with Gasteiger partial charge in [0.05, 0.1) is 18.4 Å². The number of esters is 1. The van der Waals surface area contributed by atoms with Crippen LogP contribution < -0.4 is 5.32 Å². The Kier molecular flexibility index (Phi) is 2.62. The number of rotatable bonds is 1. The topological polar surface area (TPSA) is 38.3 Å². The van der Waals surface area contributed by atoms with Crippen LogP contribution in [0.15, 0.2) is 12.1 Å². The molecule has 3 nitrogen and oxygen atoms in total. The number of ether oxygens (including phenoxy) is 1. The highest BCUT2D eigenvalue weighted by molar-refractivity contribution is 5.96. The fraction of sp³-hybridized carbons (Fsp3) is 0.417. The van der Waals surface area contributed by atoms with Crippen molar-refractivity contribution in [3.63, 3.8) is 0 Å². The van der Waals surface area contributed by atoms with Crippen molar-refractivity contribution in [2.45, 2.75) is 19.8 Å². The van der Waals surface area contributed by atoms with E-state index < -0.39 is 0 Å². The van der Waals surface area contributed by atoms with E-state index >= 15 is 0 Å². The van der Waals surface area contributed by atoms with E-state index in [9.17, 15) is 4.79 Å². The smallest absolute Gasteiger partial charge is 0.339 e. The maximum absolute atomic E-state index is 11.5. The molecular weight excluding hydrogens is 190 g/mol. The third kappa shape index (κ3) is 1.69. The third-order valence-electron chi connectivity index (χ3n) is 2.86. The maximum Gasteiger partial charge on any atom is 0.339 e. The molecule has 0 aliphatic carbocycles. The number of aryl methyl sites for hydroxylation is 1. The van der Waals surface area contributed by atoms with Crippen molar-refractivity contribution in [2.24, 2.45) is 0 Å². The molecule has 1 heterocycles. The van der Waals surface area contributed by atoms with Gasteiger partial charge in [-0.25, -0.2) is 4.79 Å². The maximum atomic E-state index is 11.5. The first-order valence-corrected chi connectivity index (χ1v) is 5.18. The SMILES string of the molecule is COC(=O)c1ccc(C)c2c1NCCC2. The van der Waals surface area contributed by atoms with Gasteiger partial charge in [-0.2, -0.15) is 0 Å². The Morgan fingerprint density at radius 1 is 1.47 bits per heavy atom. The average molecular weight is 205 g/mol. The minimum Gasteiger partial charge on any atom is -0.465 e. The summed E-state index contributed by atoms with van der Waals surface area (Å²) in [4.78, 5) is 11.5. The number of carbonyl (C=O) groups is 1. The Balaban J connectivity index is 2.52. The predicted octanol–water partition coefficient (Wildman–Crippen LogP) is 2.14. The molecule has 0 saturated heterocycles. The van der Waals surface area contributed by atoms with Gasteiger partial charge in [0.2, 0.25) is 0 Å². The zero-order valence-electron chi connectivity index (χ0n) is 9.09. The minimum atomic E-state index is -0.263. The Morgan fingerprint density at radius 2 is 2.27 bits per heavy atom. The molecule has 0 saturated carbocycles. The molecule has 0 radical (unpaired) electrons. The Hall–Kier alpha value is -1.51. The second-order valence-corrected chi connectivity index (χ2v) is 3.81. The molecule has 1 aromatic rings. The molecule has 1 aliphatic rings. The molecule has 1 aromatic carbocycles. The first kappa shape index (κ1) is 10.0. The Labute approximate surface area is 89.4 Å². The summed E-state index contributed by atoms with van der Waals surface area (Å²) in [5.41, 5.74) is 4.11. The fourth-order valence-corrected chi connectivity index (χ4v) is 2.03. The number of methoxy groups -OCH3 is 1. The summed E-state index contributed by atoms with van der Waals surface area (Å²) in [5.74, 6) is -0.263. The van der Waals surface area contributed by atoms with E-state index in [-0.39, 0.29) is 5.97 Å². The number of hydrogen-bond donors (Lipinski definition) is 1. The van der Waals surface area contributed by atoms with Crippen molar-refractivity contribution in [1.29, 1.82) is 0 Å². The number of carbonyl (C=O) groups excluding carboxylic acids is 1. The predicted molar refractivity (Wildman–Crippen MR) is 59.3 cm³/mol. The van der Waals surface area contributed by atoms with Crippen LogP contribution in [0.1, 0.15) is 27.9 Å². The van der Waals surface area contributed by atoms with Crippen molar-refractivity contribution in [3.8, 4) is 0 Å². The van der Waals surface area contributed by atoms with E-state index in [0.29, 0.717) is 5.56 Å². The Morgan fingerprint density at radius 3 is 3.00 bits per heavy atom. The normalized spacial score (nSPS) is 14.0. The second-order valence-electron chi connectivity index (χ2n) is 3.81. The molecule has 2 rings (SSSR count). The minimum absolute atomic E-state index is 0.263. The van der Waals surface area contributed by atoms with Gasteiger partial charge in [0.1, 0.15) is 0 Å². The van der Waals surface area contributed by atoms with Gasteiger partial charge in [0.15, 0.2) is 0 Å². The van der Waals surface area contributed by atoms with Gasteiger partial charge in [-0.1, -0.05) is 6.07 Å². The highest BCUT2D eigenvalue weighted by Gasteiger charge is 2.19. The van der Waals surface area contributed by atoms with Gasteiger partial charge in [-0.15, -0.1) is 0 Å². The molecule has 0 unspecified atom stereocenters. The van der Waals surface area contributed by atoms with Gasteiger partial charge in [0.25, 0.3) is 0 Å². The van der Waals surface area contributed by atoms with Crippen molar-refractivity contribution in [3.05, 3.63) is 28.8 Å². The summed E-state index contributed by atoms with van der Waals surface area (Å²) in [7, 11) is 1.41. The molecule has 0 amide bonds. The van der Waals surface area contributed by atoms with Gasteiger partial charge in [0, 0.05) is 6.54 Å². The van der Waals surface area contributed by atoms with E-state index in [0.717, 1.165) is 25.1 Å². The van der Waals surface area contributed by atoms with Crippen LogP contribution in [0.2, 0.25) is 0 Å². The molecule has 80 valence electrons. The molecule has 0 aromatic heterocycles. The monoisotopic (exact) mass is 205 g/mol. The van der Waals surface area contributed by atoms with Gasteiger partial charge in [-0.05, 0) is 37.0 Å². The first-order chi connectivity index (χ1) is 7.24. The van der Waals surface area contributed by atoms with Crippen molar-refractivity contribution in [2.75, 3.05) is 19.0 Å². The highest BCUT2D eigenvalue weighted by atomic mass is 16.5. The van der Waals surface area contributed by atoms with E-state index in [1.165, 1.54) is 18.2 Å². The summed E-state index contributed by atoms with van der Waals surface area (Å²) in [6.45, 7) is 3.01. The summed E-state index contributed by atoms with van der Waals surface area (Å²) in [5, 5.41) is 3.29. The van der Waals surface area contributed by atoms with Crippen LogP contribution in [0.5, 0.6) is 0 Å². The van der Waals surface area contributed by atoms with Crippen molar-refractivity contribution in [1.82, 2.24) is 0 Å². The molecule has 3 heteroatoms. The highest BCUT2D eigenvalue weighted by Crippen LogP contribution is 2.29. The lowest BCUT2D eigenvalue weighted by atomic mass is 9.95. The summed E-state index contributed by atoms with van der Waals surface area (Å²) >= 11 is 0. The van der Waals surface area contributed by atoms with E-state index in [1.54, 1.807) is 0 Å². The third-order valence-corrected chi connectivity index (χ3v) is 2.86. The zero-order chi connectivity index (χ0) is 10.8. The summed E-state index contributed by atoms with van der Waals surface area (Å²) in [6.07, 6.45) is 2.16. The zero-order valence-corrected chi connectivity index (χ0v) is 9.09. The molecule has 1 N–H and O–H groups in total. The molecular formula is C12H15NO2. The molecule has 0 spiro atoms. The van der Waals surface area contributed by atoms with Crippen LogP contribution in [0.3, 0.4) is 0 Å². The largest absolute Gasteiger partial charge is 0.465 e. The van der Waals surface area contributed by atoms with Crippen molar-refractivity contribution < 1.29 is 9.53 Å². The van der Waals surface area contributed by atoms with Crippen LogP contribution >= 0.6 is 0 Å². The number of fused-ring (bicyclic) bond motifs is 1. The number of anilines is 1.